The molecule has 1 amide bonds. The van der Waals surface area contributed by atoms with Crippen LogP contribution < -0.4 is 5.32 Å². The molecule has 0 saturated carbocycles. The van der Waals surface area contributed by atoms with Gasteiger partial charge in [0.25, 0.3) is 11.6 Å². The van der Waals surface area contributed by atoms with Crippen molar-refractivity contribution in [2.75, 3.05) is 25.1 Å². The van der Waals surface area contributed by atoms with Gasteiger partial charge in [-0.3, -0.25) is 14.9 Å². The molecule has 1 aromatic rings. The molecule has 0 bridgehead atoms. The van der Waals surface area contributed by atoms with Gasteiger partial charge in [0.05, 0.1) is 36.0 Å². The van der Waals surface area contributed by atoms with E-state index in [0.717, 1.165) is 18.2 Å². The highest BCUT2D eigenvalue weighted by atomic mass is 16.6. The predicted molar refractivity (Wildman–Crippen MR) is 69.2 cm³/mol. The minimum absolute atomic E-state index is 0.0448. The van der Waals surface area contributed by atoms with Crippen LogP contribution in [0.1, 0.15) is 10.4 Å². The first-order valence-corrected chi connectivity index (χ1v) is 6.01. The highest BCUT2D eigenvalue weighted by Gasteiger charge is 2.25. The molecule has 2 N–H and O–H groups in total. The second-order valence-corrected chi connectivity index (χ2v) is 4.22. The van der Waals surface area contributed by atoms with E-state index in [1.807, 2.05) is 0 Å². The van der Waals surface area contributed by atoms with E-state index in [4.69, 9.17) is 14.6 Å². The summed E-state index contributed by atoms with van der Waals surface area (Å²) >= 11 is 0. The van der Waals surface area contributed by atoms with Crippen LogP contribution in [0.2, 0.25) is 0 Å². The number of hydrogen-bond donors (Lipinski definition) is 2. The lowest BCUT2D eigenvalue weighted by Gasteiger charge is -2.22. The van der Waals surface area contributed by atoms with Crippen LogP contribution in [0.25, 0.3) is 0 Å². The van der Waals surface area contributed by atoms with Gasteiger partial charge in [-0.05, 0) is 6.07 Å². The smallest absolute Gasteiger partial charge is 0.337 e. The van der Waals surface area contributed by atoms with Crippen molar-refractivity contribution in [3.63, 3.8) is 0 Å². The number of nitrogens with zero attached hydrogens (tertiary/aromatic N) is 1. The van der Waals surface area contributed by atoms with Crippen molar-refractivity contribution in [3.05, 3.63) is 33.9 Å². The number of nitro benzene ring substituents is 1. The van der Waals surface area contributed by atoms with E-state index in [1.165, 1.54) is 0 Å². The fraction of sp³-hybridized carbons (Fsp3) is 0.333. The van der Waals surface area contributed by atoms with Crippen molar-refractivity contribution < 1.29 is 29.1 Å². The molecule has 21 heavy (non-hydrogen) atoms. The van der Waals surface area contributed by atoms with Crippen molar-refractivity contribution in [1.29, 1.82) is 0 Å². The first kappa shape index (κ1) is 14.9. The van der Waals surface area contributed by atoms with Gasteiger partial charge in [0.15, 0.2) is 6.10 Å². The molecule has 1 unspecified atom stereocenters. The zero-order valence-corrected chi connectivity index (χ0v) is 10.8. The molecule has 112 valence electrons. The molecule has 1 heterocycles. The molecule has 1 aromatic carbocycles. The number of hydrogen-bond acceptors (Lipinski definition) is 6. The van der Waals surface area contributed by atoms with Gasteiger partial charge < -0.3 is 19.9 Å². The average molecular weight is 296 g/mol. The Kier molecular flexibility index (Phi) is 4.45. The Morgan fingerprint density at radius 1 is 1.38 bits per heavy atom. The lowest BCUT2D eigenvalue weighted by atomic mass is 10.1. The molecule has 1 aliphatic heterocycles. The van der Waals surface area contributed by atoms with Gasteiger partial charge in [-0.1, -0.05) is 0 Å². The number of carbonyl (C=O) groups excluding carboxylic acids is 1. The molecular weight excluding hydrogens is 284 g/mol. The first-order valence-electron chi connectivity index (χ1n) is 6.01. The van der Waals surface area contributed by atoms with E-state index in [9.17, 15) is 19.7 Å². The third kappa shape index (κ3) is 3.52. The maximum atomic E-state index is 11.9. The number of nitrogens with one attached hydrogen (secondary N) is 1. The van der Waals surface area contributed by atoms with E-state index in [0.29, 0.717) is 6.61 Å². The number of ether oxygens (including phenoxy) is 2. The van der Waals surface area contributed by atoms with Crippen LogP contribution >= 0.6 is 0 Å². The topological polar surface area (TPSA) is 128 Å². The van der Waals surface area contributed by atoms with Crippen molar-refractivity contribution in [2.45, 2.75) is 6.10 Å². The number of carbonyl (C=O) groups is 2. The van der Waals surface area contributed by atoms with Crippen LogP contribution in [0, 0.1) is 10.1 Å². The summed E-state index contributed by atoms with van der Waals surface area (Å²) in [6.07, 6.45) is -0.875. The molecule has 1 saturated heterocycles. The second-order valence-electron chi connectivity index (χ2n) is 4.22. The Morgan fingerprint density at radius 2 is 2.14 bits per heavy atom. The van der Waals surface area contributed by atoms with E-state index < -0.39 is 22.9 Å². The predicted octanol–water partition coefficient (Wildman–Crippen LogP) is 0.647. The summed E-state index contributed by atoms with van der Waals surface area (Å²) in [5.41, 5.74) is -0.724. The largest absolute Gasteiger partial charge is 0.478 e. The number of benzene rings is 1. The number of anilines is 1. The molecule has 0 aliphatic carbocycles. The summed E-state index contributed by atoms with van der Waals surface area (Å²) in [7, 11) is 0. The van der Waals surface area contributed by atoms with Crippen LogP contribution in [0.3, 0.4) is 0 Å². The summed E-state index contributed by atoms with van der Waals surface area (Å²) in [5.74, 6) is -1.92. The zero-order chi connectivity index (χ0) is 15.4. The summed E-state index contributed by atoms with van der Waals surface area (Å²) in [5, 5.41) is 22.1. The minimum Gasteiger partial charge on any atom is -0.478 e. The third-order valence-electron chi connectivity index (χ3n) is 2.81. The Morgan fingerprint density at radius 3 is 2.71 bits per heavy atom. The van der Waals surface area contributed by atoms with Gasteiger partial charge in [0.2, 0.25) is 0 Å². The summed E-state index contributed by atoms with van der Waals surface area (Å²) in [4.78, 5) is 33.1. The molecule has 9 heteroatoms. The van der Waals surface area contributed by atoms with Crippen molar-refractivity contribution >= 4 is 23.3 Å². The second kappa shape index (κ2) is 6.29. The standard InChI is InChI=1S/C12H12N2O7/c15-11(10-6-20-3-4-21-10)13-9-5-7(14(18)19)1-2-8(9)12(16)17/h1-2,5,10H,3-4,6H2,(H,13,15)(H,16,17). The number of nitro groups is 1. The number of carboxylic acid groups (broad SMARTS) is 1. The van der Waals surface area contributed by atoms with Gasteiger partial charge in [-0.25, -0.2) is 4.79 Å². The summed E-state index contributed by atoms with van der Waals surface area (Å²) in [6.45, 7) is 0.670. The maximum absolute atomic E-state index is 11.9. The zero-order valence-electron chi connectivity index (χ0n) is 10.8. The van der Waals surface area contributed by atoms with E-state index in [-0.39, 0.29) is 30.2 Å². The van der Waals surface area contributed by atoms with Crippen LogP contribution in [0.5, 0.6) is 0 Å². The van der Waals surface area contributed by atoms with Gasteiger partial charge >= 0.3 is 5.97 Å². The van der Waals surface area contributed by atoms with Crippen molar-refractivity contribution in [2.24, 2.45) is 0 Å². The van der Waals surface area contributed by atoms with Crippen molar-refractivity contribution in [3.8, 4) is 0 Å². The number of amides is 1. The molecule has 0 radical (unpaired) electrons. The number of carboxylic acids is 1. The highest BCUT2D eigenvalue weighted by Crippen LogP contribution is 2.23. The monoisotopic (exact) mass is 296 g/mol. The summed E-state index contributed by atoms with van der Waals surface area (Å²) in [6, 6.07) is 3.11. The van der Waals surface area contributed by atoms with Crippen LogP contribution in [0.15, 0.2) is 18.2 Å². The molecule has 2 rings (SSSR count). The SMILES string of the molecule is O=C(O)c1ccc([N+](=O)[O-])cc1NC(=O)C1COCCO1. The molecule has 0 aromatic heterocycles. The van der Waals surface area contributed by atoms with Gasteiger partial charge in [-0.15, -0.1) is 0 Å². The maximum Gasteiger partial charge on any atom is 0.337 e. The van der Waals surface area contributed by atoms with Crippen LogP contribution in [-0.2, 0) is 14.3 Å². The van der Waals surface area contributed by atoms with Crippen LogP contribution in [0.4, 0.5) is 11.4 Å². The first-order chi connectivity index (χ1) is 9.99. The number of rotatable bonds is 4. The number of non-ortho nitro benzene ring substituents is 1. The lowest BCUT2D eigenvalue weighted by molar-refractivity contribution is -0.384. The molecule has 1 aliphatic rings. The Hall–Kier alpha value is -2.52. The molecular formula is C12H12N2O7. The van der Waals surface area contributed by atoms with Crippen molar-refractivity contribution in [1.82, 2.24) is 0 Å². The van der Waals surface area contributed by atoms with E-state index in [1.54, 1.807) is 0 Å². The summed E-state index contributed by atoms with van der Waals surface area (Å²) < 4.78 is 10.2. The minimum atomic E-state index is -1.30. The van der Waals surface area contributed by atoms with Crippen LogP contribution in [-0.4, -0.2) is 47.8 Å². The van der Waals surface area contributed by atoms with E-state index >= 15 is 0 Å². The molecule has 1 atom stereocenters. The molecule has 0 spiro atoms. The molecule has 1 fully saturated rings. The Balaban J connectivity index is 2.23. The van der Waals surface area contributed by atoms with Gasteiger partial charge in [0.1, 0.15) is 0 Å². The Bertz CT molecular complexity index is 581. The molecule has 9 nitrogen and oxygen atoms in total. The van der Waals surface area contributed by atoms with Gasteiger partial charge in [0, 0.05) is 12.1 Å². The van der Waals surface area contributed by atoms with E-state index in [2.05, 4.69) is 5.32 Å². The lowest BCUT2D eigenvalue weighted by Crippen LogP contribution is -2.39. The fourth-order valence-corrected chi connectivity index (χ4v) is 1.79. The third-order valence-corrected chi connectivity index (χ3v) is 2.81. The highest BCUT2D eigenvalue weighted by molar-refractivity contribution is 6.02. The average Bonchev–Trinajstić information content (AvgIpc) is 2.47. The fourth-order valence-electron chi connectivity index (χ4n) is 1.79. The normalized spacial score (nSPS) is 18.0. The quantitative estimate of drug-likeness (QED) is 0.616. The van der Waals surface area contributed by atoms with Gasteiger partial charge in [-0.2, -0.15) is 0 Å². The number of aromatic carboxylic acids is 1. The Labute approximate surface area is 118 Å².